The molecule has 2 heterocycles. The molecular weight excluding hydrogens is 242 g/mol. The van der Waals surface area contributed by atoms with Crippen LogP contribution in [-0.4, -0.2) is 45.6 Å². The molecule has 3 amide bonds. The standard InChI is InChI=1S/C9H11N5O2S/c10-7-8(12-2-1-11-7)17-4-3-14-6(15)5-13-9(14)16/h1-2H,3-5H2,(H2,10,11)(H,13,16). The van der Waals surface area contributed by atoms with Gasteiger partial charge in [-0.05, 0) is 0 Å². The van der Waals surface area contributed by atoms with Gasteiger partial charge in [-0.2, -0.15) is 0 Å². The van der Waals surface area contributed by atoms with E-state index < -0.39 is 0 Å². The van der Waals surface area contributed by atoms with Gasteiger partial charge in [0.2, 0.25) is 5.91 Å². The Labute approximate surface area is 102 Å². The molecule has 0 spiro atoms. The summed E-state index contributed by atoms with van der Waals surface area (Å²) < 4.78 is 0. The van der Waals surface area contributed by atoms with E-state index in [0.29, 0.717) is 23.1 Å². The van der Waals surface area contributed by atoms with E-state index in [1.807, 2.05) is 0 Å². The lowest BCUT2D eigenvalue weighted by atomic mass is 10.5. The largest absolute Gasteiger partial charge is 0.381 e. The number of hydrogen-bond donors (Lipinski definition) is 2. The van der Waals surface area contributed by atoms with E-state index in [4.69, 9.17) is 5.73 Å². The highest BCUT2D eigenvalue weighted by Gasteiger charge is 2.27. The van der Waals surface area contributed by atoms with Crippen LogP contribution in [0.15, 0.2) is 17.4 Å². The Balaban J connectivity index is 1.86. The van der Waals surface area contributed by atoms with Gasteiger partial charge in [-0.25, -0.2) is 14.8 Å². The van der Waals surface area contributed by atoms with Crippen LogP contribution in [0.4, 0.5) is 10.6 Å². The van der Waals surface area contributed by atoms with Crippen molar-refractivity contribution in [2.24, 2.45) is 0 Å². The number of rotatable bonds is 4. The first kappa shape index (κ1) is 11.6. The Morgan fingerprint density at radius 2 is 2.18 bits per heavy atom. The number of urea groups is 1. The number of hydrogen-bond acceptors (Lipinski definition) is 6. The molecule has 0 radical (unpaired) electrons. The second kappa shape index (κ2) is 5.00. The number of carbonyl (C=O) groups excluding carboxylic acids is 2. The number of nitrogens with one attached hydrogen (secondary N) is 1. The Bertz CT molecular complexity index is 437. The Hall–Kier alpha value is -1.83. The molecule has 3 N–H and O–H groups in total. The van der Waals surface area contributed by atoms with Crippen molar-refractivity contribution in [1.82, 2.24) is 20.2 Å². The van der Waals surface area contributed by atoms with E-state index in [1.54, 1.807) is 6.20 Å². The second-order valence-electron chi connectivity index (χ2n) is 3.30. The van der Waals surface area contributed by atoms with Crippen LogP contribution < -0.4 is 11.1 Å². The van der Waals surface area contributed by atoms with E-state index in [2.05, 4.69) is 15.3 Å². The van der Waals surface area contributed by atoms with Gasteiger partial charge in [0, 0.05) is 24.7 Å². The molecule has 1 aromatic rings. The Kier molecular flexibility index (Phi) is 3.43. The van der Waals surface area contributed by atoms with Crippen LogP contribution in [0.25, 0.3) is 0 Å². The summed E-state index contributed by atoms with van der Waals surface area (Å²) in [7, 11) is 0. The fourth-order valence-electron chi connectivity index (χ4n) is 1.36. The molecule has 90 valence electrons. The van der Waals surface area contributed by atoms with E-state index in [0.717, 1.165) is 0 Å². The molecule has 1 aromatic heterocycles. The molecule has 1 aliphatic rings. The first-order valence-electron chi connectivity index (χ1n) is 4.96. The monoisotopic (exact) mass is 253 g/mol. The second-order valence-corrected chi connectivity index (χ2v) is 4.38. The number of nitrogens with two attached hydrogens (primary N) is 1. The topological polar surface area (TPSA) is 101 Å². The molecule has 0 saturated carbocycles. The van der Waals surface area contributed by atoms with Crippen molar-refractivity contribution in [1.29, 1.82) is 0 Å². The predicted octanol–water partition coefficient (Wildman–Crippen LogP) is -0.297. The van der Waals surface area contributed by atoms with E-state index in [-0.39, 0.29) is 18.5 Å². The summed E-state index contributed by atoms with van der Waals surface area (Å²) in [5.41, 5.74) is 5.62. The molecule has 0 aliphatic carbocycles. The summed E-state index contributed by atoms with van der Waals surface area (Å²) in [6, 6.07) is -0.345. The van der Waals surface area contributed by atoms with E-state index in [9.17, 15) is 9.59 Å². The van der Waals surface area contributed by atoms with Crippen molar-refractivity contribution in [3.8, 4) is 0 Å². The predicted molar refractivity (Wildman–Crippen MR) is 62.3 cm³/mol. The number of nitrogen functional groups attached to an aromatic ring is 1. The van der Waals surface area contributed by atoms with Gasteiger partial charge < -0.3 is 11.1 Å². The van der Waals surface area contributed by atoms with Gasteiger partial charge in [0.1, 0.15) is 5.03 Å². The summed E-state index contributed by atoms with van der Waals surface area (Å²) in [6.07, 6.45) is 3.06. The van der Waals surface area contributed by atoms with Gasteiger partial charge in [0.25, 0.3) is 0 Å². The lowest BCUT2D eigenvalue weighted by Gasteiger charge is -2.11. The molecule has 1 saturated heterocycles. The van der Waals surface area contributed by atoms with Crippen LogP contribution in [-0.2, 0) is 4.79 Å². The molecule has 0 aromatic carbocycles. The molecule has 8 heteroatoms. The highest BCUT2D eigenvalue weighted by atomic mass is 32.2. The Morgan fingerprint density at radius 1 is 1.41 bits per heavy atom. The number of thioether (sulfide) groups is 1. The summed E-state index contributed by atoms with van der Waals surface area (Å²) in [5, 5.41) is 3.07. The van der Waals surface area contributed by atoms with Crippen molar-refractivity contribution in [3.63, 3.8) is 0 Å². The third-order valence-electron chi connectivity index (χ3n) is 2.18. The van der Waals surface area contributed by atoms with Crippen LogP contribution in [0, 0.1) is 0 Å². The zero-order chi connectivity index (χ0) is 12.3. The smallest absolute Gasteiger partial charge is 0.324 e. The molecule has 1 aliphatic heterocycles. The van der Waals surface area contributed by atoms with Gasteiger partial charge in [0.15, 0.2) is 5.82 Å². The summed E-state index contributed by atoms with van der Waals surface area (Å²) in [5.74, 6) is 0.694. The first-order chi connectivity index (χ1) is 8.18. The summed E-state index contributed by atoms with van der Waals surface area (Å²) in [4.78, 5) is 31.6. The van der Waals surface area contributed by atoms with Crippen molar-refractivity contribution in [3.05, 3.63) is 12.4 Å². The molecule has 0 bridgehead atoms. The minimum atomic E-state index is -0.345. The maximum Gasteiger partial charge on any atom is 0.324 e. The van der Waals surface area contributed by atoms with Crippen molar-refractivity contribution in [2.45, 2.75) is 5.03 Å². The van der Waals surface area contributed by atoms with Crippen LogP contribution in [0.3, 0.4) is 0 Å². The highest BCUT2D eigenvalue weighted by Crippen LogP contribution is 2.19. The SMILES string of the molecule is Nc1nccnc1SCCN1C(=O)CNC1=O. The summed E-state index contributed by atoms with van der Waals surface area (Å²) >= 11 is 1.37. The minimum absolute atomic E-state index is 0.0801. The zero-order valence-electron chi connectivity index (χ0n) is 8.92. The molecule has 1 fully saturated rings. The normalized spacial score (nSPS) is 15.2. The molecular formula is C9H11N5O2S. The van der Waals surface area contributed by atoms with Crippen LogP contribution >= 0.6 is 11.8 Å². The summed E-state index contributed by atoms with van der Waals surface area (Å²) in [6.45, 7) is 0.419. The fraction of sp³-hybridized carbons (Fsp3) is 0.333. The lowest BCUT2D eigenvalue weighted by molar-refractivity contribution is -0.124. The average Bonchev–Trinajstić information content (AvgIpc) is 2.63. The number of nitrogens with zero attached hydrogens (tertiary/aromatic N) is 3. The van der Waals surface area contributed by atoms with Gasteiger partial charge in [-0.15, -0.1) is 11.8 Å². The number of amides is 3. The van der Waals surface area contributed by atoms with Crippen LogP contribution in [0.5, 0.6) is 0 Å². The van der Waals surface area contributed by atoms with E-state index in [1.165, 1.54) is 22.9 Å². The maximum absolute atomic E-state index is 11.3. The maximum atomic E-state index is 11.3. The van der Waals surface area contributed by atoms with Crippen molar-refractivity contribution in [2.75, 3.05) is 24.6 Å². The van der Waals surface area contributed by atoms with Crippen molar-refractivity contribution < 1.29 is 9.59 Å². The third-order valence-corrected chi connectivity index (χ3v) is 3.16. The molecule has 0 unspecified atom stereocenters. The number of anilines is 1. The van der Waals surface area contributed by atoms with Gasteiger partial charge in [-0.3, -0.25) is 9.69 Å². The molecule has 2 rings (SSSR count). The first-order valence-corrected chi connectivity index (χ1v) is 5.94. The minimum Gasteiger partial charge on any atom is -0.381 e. The Morgan fingerprint density at radius 3 is 2.82 bits per heavy atom. The number of carbonyl (C=O) groups is 2. The van der Waals surface area contributed by atoms with E-state index >= 15 is 0 Å². The molecule has 7 nitrogen and oxygen atoms in total. The highest BCUT2D eigenvalue weighted by molar-refractivity contribution is 7.99. The average molecular weight is 253 g/mol. The number of aromatic nitrogens is 2. The molecule has 0 atom stereocenters. The third kappa shape index (κ3) is 2.64. The van der Waals surface area contributed by atoms with Gasteiger partial charge in [-0.1, -0.05) is 0 Å². The van der Waals surface area contributed by atoms with Gasteiger partial charge in [0.05, 0.1) is 6.54 Å². The van der Waals surface area contributed by atoms with Gasteiger partial charge >= 0.3 is 6.03 Å². The van der Waals surface area contributed by atoms with Crippen LogP contribution in [0.1, 0.15) is 0 Å². The fourth-order valence-corrected chi connectivity index (χ4v) is 2.17. The van der Waals surface area contributed by atoms with Crippen molar-refractivity contribution >= 4 is 29.5 Å². The molecule has 17 heavy (non-hydrogen) atoms. The number of imide groups is 1. The van der Waals surface area contributed by atoms with Crippen LogP contribution in [0.2, 0.25) is 0 Å². The lowest BCUT2D eigenvalue weighted by Crippen LogP contribution is -2.32. The zero-order valence-corrected chi connectivity index (χ0v) is 9.74. The quantitative estimate of drug-likeness (QED) is 0.564.